The SMILES string of the molecule is Cc1ccc(OCC(=O)N2CCCC(N3CCNC3=O)C2)cc1. The molecular formula is C17H23N3O3. The molecule has 3 amide bonds. The van der Waals surface area contributed by atoms with Gasteiger partial charge in [0.25, 0.3) is 5.91 Å². The highest BCUT2D eigenvalue weighted by molar-refractivity contribution is 5.79. The van der Waals surface area contributed by atoms with Crippen molar-refractivity contribution in [3.05, 3.63) is 29.8 Å². The number of likely N-dealkylation sites (tertiary alicyclic amines) is 1. The molecule has 0 radical (unpaired) electrons. The number of aryl methyl sites for hydroxylation is 1. The van der Waals surface area contributed by atoms with Crippen LogP contribution in [0.4, 0.5) is 4.79 Å². The molecule has 124 valence electrons. The molecule has 0 saturated carbocycles. The van der Waals surface area contributed by atoms with Crippen LogP contribution in [0.3, 0.4) is 0 Å². The first-order chi connectivity index (χ1) is 11.1. The van der Waals surface area contributed by atoms with Gasteiger partial charge < -0.3 is 19.9 Å². The van der Waals surface area contributed by atoms with Crippen LogP contribution in [-0.2, 0) is 4.79 Å². The molecule has 2 aliphatic heterocycles. The second-order valence-electron chi connectivity index (χ2n) is 6.16. The smallest absolute Gasteiger partial charge is 0.317 e. The van der Waals surface area contributed by atoms with Crippen molar-refractivity contribution in [2.45, 2.75) is 25.8 Å². The van der Waals surface area contributed by atoms with E-state index in [9.17, 15) is 9.59 Å². The number of piperidine rings is 1. The molecule has 23 heavy (non-hydrogen) atoms. The maximum atomic E-state index is 12.4. The first-order valence-electron chi connectivity index (χ1n) is 8.15. The highest BCUT2D eigenvalue weighted by atomic mass is 16.5. The molecule has 2 fully saturated rings. The van der Waals surface area contributed by atoms with Crippen LogP contribution >= 0.6 is 0 Å². The van der Waals surface area contributed by atoms with Gasteiger partial charge in [0.15, 0.2) is 6.61 Å². The van der Waals surface area contributed by atoms with Crippen LogP contribution in [0.5, 0.6) is 5.75 Å². The van der Waals surface area contributed by atoms with Crippen molar-refractivity contribution in [2.24, 2.45) is 0 Å². The number of hydrogen-bond acceptors (Lipinski definition) is 3. The molecule has 1 aromatic rings. The van der Waals surface area contributed by atoms with Crippen LogP contribution in [0.1, 0.15) is 18.4 Å². The number of nitrogens with one attached hydrogen (secondary N) is 1. The second kappa shape index (κ2) is 6.89. The van der Waals surface area contributed by atoms with Crippen LogP contribution in [0.2, 0.25) is 0 Å². The molecular weight excluding hydrogens is 294 g/mol. The number of hydrogen-bond donors (Lipinski definition) is 1. The van der Waals surface area contributed by atoms with Crippen LogP contribution in [0, 0.1) is 6.92 Å². The largest absolute Gasteiger partial charge is 0.484 e. The van der Waals surface area contributed by atoms with E-state index in [2.05, 4.69) is 5.32 Å². The predicted octanol–water partition coefficient (Wildman–Crippen LogP) is 1.39. The van der Waals surface area contributed by atoms with E-state index in [4.69, 9.17) is 4.74 Å². The standard InChI is InChI=1S/C17H23N3O3/c1-13-4-6-15(7-5-13)23-12-16(21)19-9-2-3-14(11-19)20-10-8-18-17(20)22/h4-7,14H,2-3,8-12H2,1H3,(H,18,22). The maximum absolute atomic E-state index is 12.4. The zero-order chi connectivity index (χ0) is 16.2. The summed E-state index contributed by atoms with van der Waals surface area (Å²) < 4.78 is 5.57. The van der Waals surface area contributed by atoms with Gasteiger partial charge in [0, 0.05) is 26.2 Å². The van der Waals surface area contributed by atoms with E-state index in [1.807, 2.05) is 41.0 Å². The zero-order valence-electron chi connectivity index (χ0n) is 13.5. The summed E-state index contributed by atoms with van der Waals surface area (Å²) in [7, 11) is 0. The van der Waals surface area contributed by atoms with Gasteiger partial charge in [-0.2, -0.15) is 0 Å². The Labute approximate surface area is 136 Å². The van der Waals surface area contributed by atoms with Crippen LogP contribution in [0.15, 0.2) is 24.3 Å². The molecule has 0 spiro atoms. The van der Waals surface area contributed by atoms with Crippen molar-refractivity contribution >= 4 is 11.9 Å². The number of nitrogens with zero attached hydrogens (tertiary/aromatic N) is 2. The number of ether oxygens (including phenoxy) is 1. The van der Waals surface area contributed by atoms with E-state index in [-0.39, 0.29) is 24.6 Å². The summed E-state index contributed by atoms with van der Waals surface area (Å²) in [4.78, 5) is 27.8. The Morgan fingerprint density at radius 3 is 2.78 bits per heavy atom. The molecule has 2 heterocycles. The Hall–Kier alpha value is -2.24. The third-order valence-electron chi connectivity index (χ3n) is 4.46. The lowest BCUT2D eigenvalue weighted by Crippen LogP contribution is -2.51. The van der Waals surface area contributed by atoms with E-state index >= 15 is 0 Å². The molecule has 1 aromatic carbocycles. The predicted molar refractivity (Wildman–Crippen MR) is 86.4 cm³/mol. The number of carbonyl (C=O) groups excluding carboxylic acids is 2. The summed E-state index contributed by atoms with van der Waals surface area (Å²) in [5.41, 5.74) is 1.16. The van der Waals surface area contributed by atoms with E-state index in [0.29, 0.717) is 18.8 Å². The van der Waals surface area contributed by atoms with E-state index in [0.717, 1.165) is 31.5 Å². The van der Waals surface area contributed by atoms with Gasteiger partial charge in [-0.15, -0.1) is 0 Å². The Morgan fingerprint density at radius 2 is 2.09 bits per heavy atom. The lowest BCUT2D eigenvalue weighted by atomic mass is 10.0. The van der Waals surface area contributed by atoms with Crippen molar-refractivity contribution in [2.75, 3.05) is 32.8 Å². The highest BCUT2D eigenvalue weighted by Gasteiger charge is 2.32. The first kappa shape index (κ1) is 15.6. The minimum Gasteiger partial charge on any atom is -0.484 e. The number of urea groups is 1. The van der Waals surface area contributed by atoms with Gasteiger partial charge in [-0.25, -0.2) is 4.79 Å². The summed E-state index contributed by atoms with van der Waals surface area (Å²) in [6.45, 7) is 4.82. The van der Waals surface area contributed by atoms with Crippen LogP contribution < -0.4 is 10.1 Å². The van der Waals surface area contributed by atoms with Gasteiger partial charge in [-0.05, 0) is 31.9 Å². The van der Waals surface area contributed by atoms with Gasteiger partial charge in [0.1, 0.15) is 5.75 Å². The second-order valence-corrected chi connectivity index (χ2v) is 6.16. The first-order valence-corrected chi connectivity index (χ1v) is 8.15. The Kier molecular flexibility index (Phi) is 4.69. The molecule has 2 saturated heterocycles. The summed E-state index contributed by atoms with van der Waals surface area (Å²) in [6.07, 6.45) is 1.88. The van der Waals surface area contributed by atoms with E-state index in [1.165, 1.54) is 0 Å². The normalized spacial score (nSPS) is 21.3. The minimum absolute atomic E-state index is 0.0137. The van der Waals surface area contributed by atoms with Gasteiger partial charge >= 0.3 is 6.03 Å². The monoisotopic (exact) mass is 317 g/mol. The average Bonchev–Trinajstić information content (AvgIpc) is 3.00. The van der Waals surface area contributed by atoms with Gasteiger partial charge in [0.2, 0.25) is 0 Å². The lowest BCUT2D eigenvalue weighted by Gasteiger charge is -2.37. The number of carbonyl (C=O) groups is 2. The van der Waals surface area contributed by atoms with Crippen LogP contribution in [0.25, 0.3) is 0 Å². The molecule has 6 nitrogen and oxygen atoms in total. The van der Waals surface area contributed by atoms with Crippen molar-refractivity contribution in [1.82, 2.24) is 15.1 Å². The molecule has 3 rings (SSSR count). The fourth-order valence-corrected chi connectivity index (χ4v) is 3.14. The topological polar surface area (TPSA) is 61.9 Å². The molecule has 1 N–H and O–H groups in total. The molecule has 0 aromatic heterocycles. The van der Waals surface area contributed by atoms with Crippen molar-refractivity contribution < 1.29 is 14.3 Å². The van der Waals surface area contributed by atoms with Gasteiger partial charge in [0.05, 0.1) is 6.04 Å². The van der Waals surface area contributed by atoms with Crippen molar-refractivity contribution in [3.8, 4) is 5.75 Å². The molecule has 1 atom stereocenters. The molecule has 2 aliphatic rings. The molecule has 0 aliphatic carbocycles. The quantitative estimate of drug-likeness (QED) is 0.913. The average molecular weight is 317 g/mol. The highest BCUT2D eigenvalue weighted by Crippen LogP contribution is 2.18. The number of benzene rings is 1. The minimum atomic E-state index is -0.0186. The van der Waals surface area contributed by atoms with Gasteiger partial charge in [-0.3, -0.25) is 4.79 Å². The molecule has 6 heteroatoms. The van der Waals surface area contributed by atoms with Crippen molar-refractivity contribution in [3.63, 3.8) is 0 Å². The Morgan fingerprint density at radius 1 is 1.30 bits per heavy atom. The summed E-state index contributed by atoms with van der Waals surface area (Å²) in [6, 6.07) is 7.77. The van der Waals surface area contributed by atoms with Crippen LogP contribution in [-0.4, -0.2) is 60.6 Å². The molecule has 1 unspecified atom stereocenters. The Bertz CT molecular complexity index is 573. The van der Waals surface area contributed by atoms with Gasteiger partial charge in [-0.1, -0.05) is 17.7 Å². The fraction of sp³-hybridized carbons (Fsp3) is 0.529. The summed E-state index contributed by atoms with van der Waals surface area (Å²) >= 11 is 0. The molecule has 0 bridgehead atoms. The fourth-order valence-electron chi connectivity index (χ4n) is 3.14. The van der Waals surface area contributed by atoms with Crippen molar-refractivity contribution in [1.29, 1.82) is 0 Å². The third-order valence-corrected chi connectivity index (χ3v) is 4.46. The van der Waals surface area contributed by atoms with E-state index < -0.39 is 0 Å². The summed E-state index contributed by atoms with van der Waals surface area (Å²) in [5, 5.41) is 2.82. The third kappa shape index (κ3) is 3.75. The van der Waals surface area contributed by atoms with E-state index in [1.54, 1.807) is 0 Å². The number of amides is 3. The lowest BCUT2D eigenvalue weighted by molar-refractivity contribution is -0.135. The Balaban J connectivity index is 1.52. The summed E-state index contributed by atoms with van der Waals surface area (Å²) in [5.74, 6) is 0.686. The zero-order valence-corrected chi connectivity index (χ0v) is 13.5. The maximum Gasteiger partial charge on any atom is 0.317 e. The number of rotatable bonds is 4.